The molecule has 1 atom stereocenters. The van der Waals surface area contributed by atoms with E-state index in [1.54, 1.807) is 0 Å². The fourth-order valence-electron chi connectivity index (χ4n) is 1.87. The van der Waals surface area contributed by atoms with Gasteiger partial charge < -0.3 is 15.2 Å². The number of para-hydroxylation sites is 1. The fraction of sp³-hybridized carbons (Fsp3) is 0.385. The minimum Gasteiger partial charge on any atom is -0.486 e. The third-order valence-corrected chi connectivity index (χ3v) is 2.56. The minimum absolute atomic E-state index is 0.0749. The highest BCUT2D eigenvalue weighted by molar-refractivity contribution is 5.49. The number of rotatable bonds is 3. The number of hydrogen-bond donors (Lipinski definition) is 1. The molecule has 0 saturated carbocycles. The highest BCUT2D eigenvalue weighted by Crippen LogP contribution is 2.37. The van der Waals surface area contributed by atoms with Crippen molar-refractivity contribution >= 4 is 0 Å². The average Bonchev–Trinajstić information content (AvgIpc) is 2.27. The third-order valence-electron chi connectivity index (χ3n) is 2.56. The fourth-order valence-corrected chi connectivity index (χ4v) is 1.87. The smallest absolute Gasteiger partial charge is 0.166 e. The van der Waals surface area contributed by atoms with Crippen LogP contribution in [-0.2, 0) is 0 Å². The molecule has 1 aliphatic heterocycles. The van der Waals surface area contributed by atoms with Gasteiger partial charge in [0.05, 0.1) is 0 Å². The van der Waals surface area contributed by atoms with E-state index < -0.39 is 0 Å². The molecule has 1 heterocycles. The number of ether oxygens (including phenoxy) is 2. The van der Waals surface area contributed by atoms with E-state index in [0.29, 0.717) is 13.2 Å². The van der Waals surface area contributed by atoms with Crippen molar-refractivity contribution in [3.05, 3.63) is 35.9 Å². The molecule has 0 spiro atoms. The molecule has 86 valence electrons. The zero-order valence-electron chi connectivity index (χ0n) is 9.53. The van der Waals surface area contributed by atoms with Crippen LogP contribution in [0.2, 0.25) is 0 Å². The van der Waals surface area contributed by atoms with Crippen molar-refractivity contribution < 1.29 is 9.47 Å². The summed E-state index contributed by atoms with van der Waals surface area (Å²) in [6.07, 6.45) is 0.764. The molecule has 0 amide bonds. The summed E-state index contributed by atoms with van der Waals surface area (Å²) in [6, 6.07) is 5.77. The van der Waals surface area contributed by atoms with Gasteiger partial charge in [-0.05, 0) is 19.4 Å². The van der Waals surface area contributed by atoms with E-state index in [1.807, 2.05) is 25.1 Å². The first-order valence-corrected chi connectivity index (χ1v) is 5.47. The summed E-state index contributed by atoms with van der Waals surface area (Å²) in [7, 11) is 0. The molecular formula is C13H17NO2. The normalized spacial score (nSPS) is 15.6. The van der Waals surface area contributed by atoms with Gasteiger partial charge >= 0.3 is 0 Å². The molecule has 0 aromatic heterocycles. The Morgan fingerprint density at radius 1 is 1.44 bits per heavy atom. The predicted octanol–water partition coefficient (Wildman–Crippen LogP) is 2.42. The first-order valence-electron chi connectivity index (χ1n) is 5.47. The van der Waals surface area contributed by atoms with Crippen LogP contribution in [0.5, 0.6) is 11.5 Å². The van der Waals surface area contributed by atoms with Crippen molar-refractivity contribution in [2.75, 3.05) is 13.2 Å². The highest BCUT2D eigenvalue weighted by Gasteiger charge is 2.19. The first-order chi connectivity index (χ1) is 7.68. The maximum absolute atomic E-state index is 6.12. The Hall–Kier alpha value is -1.48. The average molecular weight is 219 g/mol. The Bertz CT molecular complexity index is 401. The summed E-state index contributed by atoms with van der Waals surface area (Å²) in [5, 5.41) is 0. The standard InChI is InChI=1S/C13H17NO2/c1-9(2)8-11(14)10-4-3-5-12-13(10)16-7-6-15-12/h3-5,11H,1,6-8,14H2,2H3/t11-/m1/s1. The number of benzene rings is 1. The molecule has 2 rings (SSSR count). The van der Waals surface area contributed by atoms with E-state index >= 15 is 0 Å². The van der Waals surface area contributed by atoms with Gasteiger partial charge in [-0.2, -0.15) is 0 Å². The minimum atomic E-state index is -0.0749. The molecule has 2 N–H and O–H groups in total. The molecule has 3 heteroatoms. The molecule has 0 fully saturated rings. The van der Waals surface area contributed by atoms with E-state index in [4.69, 9.17) is 15.2 Å². The second-order valence-electron chi connectivity index (χ2n) is 4.14. The zero-order chi connectivity index (χ0) is 11.5. The van der Waals surface area contributed by atoms with Crippen molar-refractivity contribution in [3.63, 3.8) is 0 Å². The lowest BCUT2D eigenvalue weighted by Gasteiger charge is -2.23. The van der Waals surface area contributed by atoms with Gasteiger partial charge in [-0.25, -0.2) is 0 Å². The van der Waals surface area contributed by atoms with Gasteiger partial charge in [0.25, 0.3) is 0 Å². The van der Waals surface area contributed by atoms with Crippen LogP contribution in [0.25, 0.3) is 0 Å². The second kappa shape index (κ2) is 4.58. The Morgan fingerprint density at radius 2 is 2.19 bits per heavy atom. The molecular weight excluding hydrogens is 202 g/mol. The van der Waals surface area contributed by atoms with Crippen molar-refractivity contribution in [3.8, 4) is 11.5 Å². The van der Waals surface area contributed by atoms with E-state index in [2.05, 4.69) is 6.58 Å². The summed E-state index contributed by atoms with van der Waals surface area (Å²) in [5.74, 6) is 1.59. The third kappa shape index (κ3) is 2.19. The zero-order valence-corrected chi connectivity index (χ0v) is 9.53. The van der Waals surface area contributed by atoms with Gasteiger partial charge in [-0.3, -0.25) is 0 Å². The SMILES string of the molecule is C=C(C)C[C@@H](N)c1cccc2c1OCCO2. The Morgan fingerprint density at radius 3 is 2.94 bits per heavy atom. The van der Waals surface area contributed by atoms with Crippen molar-refractivity contribution in [1.29, 1.82) is 0 Å². The first kappa shape index (κ1) is 11.0. The molecule has 0 saturated heterocycles. The monoisotopic (exact) mass is 219 g/mol. The van der Waals surface area contributed by atoms with E-state index in [-0.39, 0.29) is 6.04 Å². The summed E-state index contributed by atoms with van der Waals surface area (Å²) >= 11 is 0. The van der Waals surface area contributed by atoms with Crippen LogP contribution in [-0.4, -0.2) is 13.2 Å². The highest BCUT2D eigenvalue weighted by atomic mass is 16.6. The van der Waals surface area contributed by atoms with E-state index in [1.165, 1.54) is 0 Å². The quantitative estimate of drug-likeness (QED) is 0.794. The van der Waals surface area contributed by atoms with Crippen LogP contribution in [0.15, 0.2) is 30.4 Å². The number of fused-ring (bicyclic) bond motifs is 1. The Labute approximate surface area is 95.9 Å². The lowest BCUT2D eigenvalue weighted by molar-refractivity contribution is 0.169. The molecule has 1 aromatic carbocycles. The van der Waals surface area contributed by atoms with Crippen LogP contribution in [0.1, 0.15) is 24.9 Å². The molecule has 16 heavy (non-hydrogen) atoms. The molecule has 0 radical (unpaired) electrons. The van der Waals surface area contributed by atoms with Gasteiger partial charge in [0.1, 0.15) is 13.2 Å². The van der Waals surface area contributed by atoms with Gasteiger partial charge in [-0.15, -0.1) is 6.58 Å². The van der Waals surface area contributed by atoms with Crippen molar-refractivity contribution in [1.82, 2.24) is 0 Å². The van der Waals surface area contributed by atoms with Crippen LogP contribution in [0.4, 0.5) is 0 Å². The molecule has 0 bridgehead atoms. The van der Waals surface area contributed by atoms with E-state index in [0.717, 1.165) is 29.1 Å². The van der Waals surface area contributed by atoms with Crippen LogP contribution in [0, 0.1) is 0 Å². The van der Waals surface area contributed by atoms with Gasteiger partial charge in [0.2, 0.25) is 0 Å². The van der Waals surface area contributed by atoms with Gasteiger partial charge in [0, 0.05) is 11.6 Å². The summed E-state index contributed by atoms with van der Waals surface area (Å²) < 4.78 is 11.1. The topological polar surface area (TPSA) is 44.5 Å². The van der Waals surface area contributed by atoms with Crippen LogP contribution >= 0.6 is 0 Å². The molecule has 1 aromatic rings. The maximum atomic E-state index is 6.12. The predicted molar refractivity (Wildman–Crippen MR) is 63.8 cm³/mol. The Kier molecular flexibility index (Phi) is 3.15. The van der Waals surface area contributed by atoms with Crippen LogP contribution in [0.3, 0.4) is 0 Å². The summed E-state index contributed by atoms with van der Waals surface area (Å²) in [4.78, 5) is 0. The lowest BCUT2D eigenvalue weighted by Crippen LogP contribution is -2.19. The van der Waals surface area contributed by atoms with Crippen molar-refractivity contribution in [2.45, 2.75) is 19.4 Å². The van der Waals surface area contributed by atoms with Crippen LogP contribution < -0.4 is 15.2 Å². The maximum Gasteiger partial charge on any atom is 0.166 e. The largest absolute Gasteiger partial charge is 0.486 e. The van der Waals surface area contributed by atoms with Gasteiger partial charge in [-0.1, -0.05) is 17.7 Å². The molecule has 3 nitrogen and oxygen atoms in total. The Balaban J connectivity index is 2.29. The van der Waals surface area contributed by atoms with Gasteiger partial charge in [0.15, 0.2) is 11.5 Å². The number of nitrogens with two attached hydrogens (primary N) is 1. The van der Waals surface area contributed by atoms with E-state index in [9.17, 15) is 0 Å². The van der Waals surface area contributed by atoms with Crippen molar-refractivity contribution in [2.24, 2.45) is 5.73 Å². The second-order valence-corrected chi connectivity index (χ2v) is 4.14. The lowest BCUT2D eigenvalue weighted by atomic mass is 10.00. The molecule has 0 aliphatic carbocycles. The summed E-state index contributed by atoms with van der Waals surface area (Å²) in [5.41, 5.74) is 8.19. The molecule has 1 aliphatic rings. The number of hydrogen-bond acceptors (Lipinski definition) is 3. The molecule has 0 unspecified atom stereocenters. The summed E-state index contributed by atoms with van der Waals surface area (Å²) in [6.45, 7) is 7.05.